The van der Waals surface area contributed by atoms with Crippen LogP contribution in [-0.2, 0) is 57.0 Å². The van der Waals surface area contributed by atoms with Crippen LogP contribution >= 0.6 is 0 Å². The molecule has 4 fully saturated rings. The first-order chi connectivity index (χ1) is 36.3. The standard InChI is InChI=1S/C49H58O27/c50-17-28-34(59)37(62)39(64)46(68-28)72-42-41(71-33(58)15-9-22-6-11-25(54)12-7-22)31(20-53)70-48(43(42)73-47-40(65)38(63)35(60)29(18-51)69-47)76-49(21-67-32(57)14-10-23-8-13-26(55)27(56)16-23)44(36(61)30(19-52)75-49)74-45(66)24-4-2-1-3-5-24/h1-16,28-31,34-44,46-48,50-56,59-65H,17-21H2/b14-10+,15-9-/t28-,29-,30-,31-,34-,35-,36-,37+,38+,39-,40-,41-,42+,43-,44+,46+,47+,48-,49+/m1/s1. The Hall–Kier alpha value is -5.77. The number of benzene rings is 3. The second kappa shape index (κ2) is 25.6. The molecule has 14 N–H and O–H groups in total. The molecule has 0 saturated carbocycles. The highest BCUT2D eigenvalue weighted by atomic mass is 16.8. The van der Waals surface area contributed by atoms with E-state index < -0.39 is 179 Å². The average Bonchev–Trinajstić information content (AvgIpc) is 3.68. The SMILES string of the molecule is O=C(/C=C\c1ccc(O)cc1)O[C@H]1[C@H](O[C@@H]2O[C@H](CO)[C@@H](O)[C@H](O)[C@H]2O)[C@@H](O[C@@H]2O[C@H](CO)[C@@H](O)[C@H](O)[C@H]2O)[C@@H](O[C@]2(COC(=O)/C=C/c3ccc(O)c(O)c3)O[C@H](CO)[C@@H](O)[C@@H]2OC(=O)c2ccccc2)O[C@@H]1CO. The minimum absolute atomic E-state index is 0.102. The monoisotopic (exact) mass is 1080 g/mol. The zero-order valence-corrected chi connectivity index (χ0v) is 39.7. The van der Waals surface area contributed by atoms with Crippen molar-refractivity contribution in [1.29, 1.82) is 0 Å². The highest BCUT2D eigenvalue weighted by molar-refractivity contribution is 5.90. The summed E-state index contributed by atoms with van der Waals surface area (Å²) in [5.74, 6) is -7.59. The number of hydrogen-bond donors (Lipinski definition) is 14. The van der Waals surface area contributed by atoms with Crippen molar-refractivity contribution in [2.75, 3.05) is 33.0 Å². The van der Waals surface area contributed by atoms with Crippen LogP contribution in [-0.4, -0.2) is 239 Å². The van der Waals surface area contributed by atoms with E-state index in [1.165, 1.54) is 60.7 Å². The van der Waals surface area contributed by atoms with Gasteiger partial charge < -0.3 is 119 Å². The molecule has 4 aliphatic heterocycles. The molecule has 3 aromatic rings. The average molecular weight is 1080 g/mol. The molecule has 27 heteroatoms. The summed E-state index contributed by atoms with van der Waals surface area (Å²) < 4.78 is 59.6. The maximum atomic E-state index is 13.8. The summed E-state index contributed by atoms with van der Waals surface area (Å²) >= 11 is 0. The maximum absolute atomic E-state index is 13.8. The molecule has 0 unspecified atom stereocenters. The fraction of sp³-hybridized carbons (Fsp3) is 0.490. The third kappa shape index (κ3) is 13.1. The normalized spacial score (nSPS) is 35.8. The summed E-state index contributed by atoms with van der Waals surface area (Å²) in [5, 5.41) is 149. The van der Waals surface area contributed by atoms with E-state index in [0.29, 0.717) is 5.56 Å². The second-order valence-corrected chi connectivity index (χ2v) is 17.8. The van der Waals surface area contributed by atoms with Crippen LogP contribution in [0.3, 0.4) is 0 Å². The van der Waals surface area contributed by atoms with Crippen LogP contribution < -0.4 is 0 Å². The van der Waals surface area contributed by atoms with Crippen LogP contribution in [0, 0.1) is 0 Å². The summed E-state index contributed by atoms with van der Waals surface area (Å²) in [7, 11) is 0. The fourth-order valence-corrected chi connectivity index (χ4v) is 8.53. The number of aromatic hydroxyl groups is 3. The maximum Gasteiger partial charge on any atom is 0.338 e. The molecular formula is C49H58O27. The van der Waals surface area contributed by atoms with Gasteiger partial charge in [-0.05, 0) is 59.7 Å². The predicted molar refractivity (Wildman–Crippen MR) is 247 cm³/mol. The van der Waals surface area contributed by atoms with Gasteiger partial charge in [-0.15, -0.1) is 0 Å². The molecule has 4 saturated heterocycles. The molecule has 4 heterocycles. The first-order valence-electron chi connectivity index (χ1n) is 23.4. The van der Waals surface area contributed by atoms with Gasteiger partial charge in [-0.1, -0.05) is 36.4 Å². The Morgan fingerprint density at radius 3 is 1.64 bits per heavy atom. The molecule has 7 rings (SSSR count). The molecule has 0 spiro atoms. The second-order valence-electron chi connectivity index (χ2n) is 17.8. The lowest BCUT2D eigenvalue weighted by Gasteiger charge is -2.50. The highest BCUT2D eigenvalue weighted by Gasteiger charge is 2.64. The molecule has 76 heavy (non-hydrogen) atoms. The summed E-state index contributed by atoms with van der Waals surface area (Å²) in [6.07, 6.45) is -33.1. The van der Waals surface area contributed by atoms with Crippen molar-refractivity contribution in [3.8, 4) is 17.2 Å². The zero-order valence-electron chi connectivity index (χ0n) is 39.7. The Morgan fingerprint density at radius 2 is 1.07 bits per heavy atom. The van der Waals surface area contributed by atoms with E-state index in [9.17, 15) is 85.9 Å². The van der Waals surface area contributed by atoms with Crippen LogP contribution in [0.15, 0.2) is 84.9 Å². The van der Waals surface area contributed by atoms with Gasteiger partial charge in [0.25, 0.3) is 0 Å². The van der Waals surface area contributed by atoms with Crippen LogP contribution in [0.2, 0.25) is 0 Å². The lowest BCUT2D eigenvalue weighted by Crippen LogP contribution is -2.69. The highest BCUT2D eigenvalue weighted by Crippen LogP contribution is 2.42. The van der Waals surface area contributed by atoms with E-state index in [2.05, 4.69) is 0 Å². The van der Waals surface area contributed by atoms with Crippen LogP contribution in [0.5, 0.6) is 17.2 Å². The van der Waals surface area contributed by atoms with E-state index in [1.807, 2.05) is 0 Å². The van der Waals surface area contributed by atoms with Crippen molar-refractivity contribution in [2.24, 2.45) is 0 Å². The molecule has 19 atom stereocenters. The van der Waals surface area contributed by atoms with E-state index in [-0.39, 0.29) is 16.9 Å². The molecule has 27 nitrogen and oxygen atoms in total. The van der Waals surface area contributed by atoms with Crippen molar-refractivity contribution in [1.82, 2.24) is 0 Å². The number of phenolic OH excluding ortho intramolecular Hbond substituents is 3. The van der Waals surface area contributed by atoms with E-state index in [0.717, 1.165) is 30.4 Å². The van der Waals surface area contributed by atoms with Crippen LogP contribution in [0.4, 0.5) is 0 Å². The summed E-state index contributed by atoms with van der Waals surface area (Å²) in [4.78, 5) is 41.1. The van der Waals surface area contributed by atoms with Gasteiger partial charge in [0.1, 0.15) is 91.7 Å². The minimum Gasteiger partial charge on any atom is -0.508 e. The van der Waals surface area contributed by atoms with Gasteiger partial charge in [0.15, 0.2) is 42.6 Å². The summed E-state index contributed by atoms with van der Waals surface area (Å²) in [6.45, 7) is -5.42. The Kier molecular flexibility index (Phi) is 19.5. The molecular weight excluding hydrogens is 1020 g/mol. The number of phenols is 3. The lowest BCUT2D eigenvalue weighted by atomic mass is 9.95. The molecule has 0 radical (unpaired) electrons. The van der Waals surface area contributed by atoms with Crippen molar-refractivity contribution >= 4 is 30.1 Å². The Balaban J connectivity index is 1.35. The molecule has 0 aromatic heterocycles. The Morgan fingerprint density at radius 1 is 0.526 bits per heavy atom. The summed E-state index contributed by atoms with van der Waals surface area (Å²) in [5.41, 5.74) is 0.433. The smallest absolute Gasteiger partial charge is 0.338 e. The minimum atomic E-state index is -2.90. The van der Waals surface area contributed by atoms with Crippen molar-refractivity contribution in [3.63, 3.8) is 0 Å². The third-order valence-electron chi connectivity index (χ3n) is 12.6. The quantitative estimate of drug-likeness (QED) is 0.0234. The van der Waals surface area contributed by atoms with Crippen LogP contribution in [0.25, 0.3) is 12.2 Å². The number of esters is 3. The van der Waals surface area contributed by atoms with Gasteiger partial charge in [-0.25, -0.2) is 14.4 Å². The number of aliphatic hydroxyl groups excluding tert-OH is 11. The van der Waals surface area contributed by atoms with E-state index in [4.69, 9.17) is 47.4 Å². The number of hydrogen-bond acceptors (Lipinski definition) is 27. The fourth-order valence-electron chi connectivity index (χ4n) is 8.53. The van der Waals surface area contributed by atoms with Gasteiger partial charge in [-0.2, -0.15) is 0 Å². The lowest BCUT2D eigenvalue weighted by molar-refractivity contribution is -0.421. The number of carbonyl (C=O) groups excluding carboxylic acids is 3. The number of aliphatic hydroxyl groups is 11. The van der Waals surface area contributed by atoms with Gasteiger partial charge in [0, 0.05) is 12.2 Å². The van der Waals surface area contributed by atoms with E-state index >= 15 is 0 Å². The zero-order chi connectivity index (χ0) is 55.0. The largest absolute Gasteiger partial charge is 0.508 e. The predicted octanol–water partition coefficient (Wildman–Crippen LogP) is -4.24. The molecule has 3 aromatic carbocycles. The van der Waals surface area contributed by atoms with Crippen molar-refractivity contribution in [3.05, 3.63) is 102 Å². The van der Waals surface area contributed by atoms with E-state index in [1.54, 1.807) is 6.07 Å². The first kappa shape index (κ1) is 57.9. The van der Waals surface area contributed by atoms with Crippen molar-refractivity contribution in [2.45, 2.75) is 116 Å². The summed E-state index contributed by atoms with van der Waals surface area (Å²) in [6, 6.07) is 16.2. The Bertz CT molecular complexity index is 2460. The van der Waals surface area contributed by atoms with Crippen LogP contribution in [0.1, 0.15) is 21.5 Å². The molecule has 0 aliphatic carbocycles. The van der Waals surface area contributed by atoms with Gasteiger partial charge >= 0.3 is 17.9 Å². The first-order valence-corrected chi connectivity index (χ1v) is 23.4. The Labute approximate surface area is 430 Å². The van der Waals surface area contributed by atoms with Gasteiger partial charge in [-0.3, -0.25) is 0 Å². The van der Waals surface area contributed by atoms with Gasteiger partial charge in [0.2, 0.25) is 5.79 Å². The number of carbonyl (C=O) groups is 3. The number of ether oxygens (including phenoxy) is 10. The topological polar surface area (TPSA) is 427 Å². The molecule has 0 bridgehead atoms. The van der Waals surface area contributed by atoms with Crippen molar-refractivity contribution < 1.29 is 133 Å². The molecule has 0 amide bonds. The molecule has 416 valence electrons. The third-order valence-corrected chi connectivity index (χ3v) is 12.6. The number of rotatable bonds is 19. The van der Waals surface area contributed by atoms with Gasteiger partial charge in [0.05, 0.1) is 32.0 Å². The molecule has 4 aliphatic rings.